The van der Waals surface area contributed by atoms with Gasteiger partial charge in [0.1, 0.15) is 13.2 Å². The Hall–Kier alpha value is -0.870. The summed E-state index contributed by atoms with van der Waals surface area (Å²) in [4.78, 5) is 0. The summed E-state index contributed by atoms with van der Waals surface area (Å²) in [6.45, 7) is 4.52. The smallest absolute Gasteiger partial charge is 0.161 e. The Morgan fingerprint density at radius 3 is 2.89 bits per heavy atom. The number of fused-ring (bicyclic) bond motifs is 1. The summed E-state index contributed by atoms with van der Waals surface area (Å²) >= 11 is 2.06. The highest BCUT2D eigenvalue weighted by molar-refractivity contribution is 8.00. The molecular formula is C14H19NO2S. The van der Waals surface area contributed by atoms with Crippen LogP contribution in [0.15, 0.2) is 18.2 Å². The molecule has 0 bridgehead atoms. The predicted octanol–water partition coefficient (Wildman–Crippen LogP) is 2.44. The highest BCUT2D eigenvalue weighted by Gasteiger charge is 2.21. The predicted molar refractivity (Wildman–Crippen MR) is 74.6 cm³/mol. The fraction of sp³-hybridized carbons (Fsp3) is 0.571. The monoisotopic (exact) mass is 265 g/mol. The zero-order valence-corrected chi connectivity index (χ0v) is 11.5. The van der Waals surface area contributed by atoms with E-state index in [0.29, 0.717) is 19.3 Å². The summed E-state index contributed by atoms with van der Waals surface area (Å²) in [6, 6.07) is 6.87. The van der Waals surface area contributed by atoms with Crippen molar-refractivity contribution in [3.05, 3.63) is 23.8 Å². The van der Waals surface area contributed by atoms with Crippen LogP contribution in [0.25, 0.3) is 0 Å². The average Bonchev–Trinajstić information content (AvgIpc) is 2.82. The second kappa shape index (κ2) is 5.41. The molecule has 2 heterocycles. The van der Waals surface area contributed by atoms with E-state index in [0.717, 1.165) is 23.3 Å². The van der Waals surface area contributed by atoms with Crippen LogP contribution in [0.5, 0.6) is 11.5 Å². The molecule has 1 fully saturated rings. The molecule has 0 amide bonds. The third kappa shape index (κ3) is 2.75. The van der Waals surface area contributed by atoms with Crippen LogP contribution in [-0.2, 0) is 6.54 Å². The fourth-order valence-electron chi connectivity index (χ4n) is 2.42. The van der Waals surface area contributed by atoms with Crippen molar-refractivity contribution in [3.63, 3.8) is 0 Å². The van der Waals surface area contributed by atoms with Gasteiger partial charge in [0.25, 0.3) is 0 Å². The Morgan fingerprint density at radius 2 is 2.11 bits per heavy atom. The van der Waals surface area contributed by atoms with Crippen molar-refractivity contribution in [1.29, 1.82) is 0 Å². The molecule has 98 valence electrons. The van der Waals surface area contributed by atoms with Gasteiger partial charge in [0, 0.05) is 23.6 Å². The van der Waals surface area contributed by atoms with E-state index < -0.39 is 0 Å². The van der Waals surface area contributed by atoms with Gasteiger partial charge in [0.15, 0.2) is 11.5 Å². The maximum Gasteiger partial charge on any atom is 0.161 e. The van der Waals surface area contributed by atoms with E-state index in [4.69, 9.17) is 9.47 Å². The number of ether oxygens (including phenoxy) is 2. The van der Waals surface area contributed by atoms with Crippen LogP contribution in [-0.4, -0.2) is 30.3 Å². The van der Waals surface area contributed by atoms with Gasteiger partial charge in [0.05, 0.1) is 0 Å². The lowest BCUT2D eigenvalue weighted by atomic mass is 10.1. The molecule has 2 unspecified atom stereocenters. The number of thioether (sulfide) groups is 1. The SMILES string of the molecule is CC1CC(NCc2ccc3c(c2)OCCO3)CS1. The lowest BCUT2D eigenvalue weighted by molar-refractivity contribution is 0.171. The van der Waals surface area contributed by atoms with E-state index in [1.807, 2.05) is 6.07 Å². The summed E-state index contributed by atoms with van der Waals surface area (Å²) in [5.74, 6) is 2.98. The molecule has 1 aromatic rings. The Labute approximate surface area is 112 Å². The highest BCUT2D eigenvalue weighted by Crippen LogP contribution is 2.31. The molecule has 1 aromatic carbocycles. The van der Waals surface area contributed by atoms with Crippen LogP contribution in [0.1, 0.15) is 18.9 Å². The fourth-order valence-corrected chi connectivity index (χ4v) is 3.60. The van der Waals surface area contributed by atoms with Gasteiger partial charge in [-0.25, -0.2) is 0 Å². The summed E-state index contributed by atoms with van der Waals surface area (Å²) < 4.78 is 11.1. The minimum Gasteiger partial charge on any atom is -0.486 e. The van der Waals surface area contributed by atoms with Crippen LogP contribution in [0.4, 0.5) is 0 Å². The maximum atomic E-state index is 5.60. The molecule has 1 saturated heterocycles. The van der Waals surface area contributed by atoms with Crippen LogP contribution in [0, 0.1) is 0 Å². The quantitative estimate of drug-likeness (QED) is 0.909. The second-order valence-corrected chi connectivity index (χ2v) is 6.41. The first-order chi connectivity index (χ1) is 8.81. The van der Waals surface area contributed by atoms with Crippen molar-refractivity contribution in [2.24, 2.45) is 0 Å². The average molecular weight is 265 g/mol. The molecule has 3 rings (SSSR count). The standard InChI is InChI=1S/C14H19NO2S/c1-10-6-12(9-18-10)15-8-11-2-3-13-14(7-11)17-5-4-16-13/h2-3,7,10,12,15H,4-6,8-9H2,1H3. The van der Waals surface area contributed by atoms with Crippen molar-refractivity contribution in [2.45, 2.75) is 31.2 Å². The summed E-state index contributed by atoms with van der Waals surface area (Å²) in [7, 11) is 0. The van der Waals surface area contributed by atoms with E-state index in [2.05, 4.69) is 36.1 Å². The zero-order valence-electron chi connectivity index (χ0n) is 10.6. The van der Waals surface area contributed by atoms with Crippen molar-refractivity contribution < 1.29 is 9.47 Å². The molecule has 2 aliphatic heterocycles. The first-order valence-corrected chi connectivity index (χ1v) is 7.59. The Kier molecular flexibility index (Phi) is 3.66. The van der Waals surface area contributed by atoms with E-state index >= 15 is 0 Å². The van der Waals surface area contributed by atoms with Crippen molar-refractivity contribution in [1.82, 2.24) is 5.32 Å². The van der Waals surface area contributed by atoms with Crippen molar-refractivity contribution in [2.75, 3.05) is 19.0 Å². The van der Waals surface area contributed by atoms with Crippen molar-refractivity contribution >= 4 is 11.8 Å². The van der Waals surface area contributed by atoms with Gasteiger partial charge in [-0.15, -0.1) is 0 Å². The van der Waals surface area contributed by atoms with E-state index in [-0.39, 0.29) is 0 Å². The number of nitrogens with one attached hydrogen (secondary N) is 1. The van der Waals surface area contributed by atoms with Gasteiger partial charge < -0.3 is 14.8 Å². The van der Waals surface area contributed by atoms with E-state index in [9.17, 15) is 0 Å². The van der Waals surface area contributed by atoms with Crippen LogP contribution >= 0.6 is 11.8 Å². The molecular weight excluding hydrogens is 246 g/mol. The topological polar surface area (TPSA) is 30.5 Å². The molecule has 18 heavy (non-hydrogen) atoms. The molecule has 2 aliphatic rings. The number of rotatable bonds is 3. The second-order valence-electron chi connectivity index (χ2n) is 4.94. The van der Waals surface area contributed by atoms with Gasteiger partial charge in [-0.3, -0.25) is 0 Å². The molecule has 4 heteroatoms. The summed E-state index contributed by atoms with van der Waals surface area (Å²) in [5.41, 5.74) is 1.27. The molecule has 0 aliphatic carbocycles. The first-order valence-electron chi connectivity index (χ1n) is 6.55. The minimum atomic E-state index is 0.651. The normalized spacial score (nSPS) is 26.3. The first kappa shape index (κ1) is 12.2. The molecule has 3 nitrogen and oxygen atoms in total. The lowest BCUT2D eigenvalue weighted by Crippen LogP contribution is -2.28. The summed E-state index contributed by atoms with van der Waals surface area (Å²) in [5, 5.41) is 4.41. The Morgan fingerprint density at radius 1 is 1.28 bits per heavy atom. The number of hydrogen-bond donors (Lipinski definition) is 1. The third-order valence-electron chi connectivity index (χ3n) is 3.40. The largest absolute Gasteiger partial charge is 0.486 e. The van der Waals surface area contributed by atoms with Gasteiger partial charge in [-0.2, -0.15) is 11.8 Å². The Bertz CT molecular complexity index is 424. The van der Waals surface area contributed by atoms with Gasteiger partial charge >= 0.3 is 0 Å². The zero-order chi connectivity index (χ0) is 12.4. The van der Waals surface area contributed by atoms with Crippen LogP contribution < -0.4 is 14.8 Å². The number of hydrogen-bond acceptors (Lipinski definition) is 4. The molecule has 0 aromatic heterocycles. The molecule has 0 radical (unpaired) electrons. The van der Waals surface area contributed by atoms with Gasteiger partial charge in [-0.1, -0.05) is 13.0 Å². The van der Waals surface area contributed by atoms with E-state index in [1.54, 1.807) is 0 Å². The maximum absolute atomic E-state index is 5.60. The van der Waals surface area contributed by atoms with Gasteiger partial charge in [0.2, 0.25) is 0 Å². The van der Waals surface area contributed by atoms with Crippen LogP contribution in [0.2, 0.25) is 0 Å². The molecule has 2 atom stereocenters. The molecule has 1 N–H and O–H groups in total. The van der Waals surface area contributed by atoms with Crippen molar-refractivity contribution in [3.8, 4) is 11.5 Å². The molecule has 0 saturated carbocycles. The number of benzene rings is 1. The van der Waals surface area contributed by atoms with E-state index in [1.165, 1.54) is 17.7 Å². The molecule has 0 spiro atoms. The summed E-state index contributed by atoms with van der Waals surface area (Å²) in [6.07, 6.45) is 1.27. The van der Waals surface area contributed by atoms with Gasteiger partial charge in [-0.05, 0) is 24.1 Å². The minimum absolute atomic E-state index is 0.651. The Balaban J connectivity index is 1.59. The van der Waals surface area contributed by atoms with Crippen LogP contribution in [0.3, 0.4) is 0 Å². The third-order valence-corrected chi connectivity index (χ3v) is 4.76. The lowest BCUT2D eigenvalue weighted by Gasteiger charge is -2.19. The highest BCUT2D eigenvalue weighted by atomic mass is 32.2.